The summed E-state index contributed by atoms with van der Waals surface area (Å²) in [5.41, 5.74) is 2.16. The van der Waals surface area contributed by atoms with Crippen molar-refractivity contribution in [1.82, 2.24) is 5.32 Å². The topological polar surface area (TPSA) is 12.0 Å². The largest absolute Gasteiger partial charge is 0.306 e. The lowest BCUT2D eigenvalue weighted by atomic mass is 9.98. The van der Waals surface area contributed by atoms with Gasteiger partial charge in [-0.15, -0.1) is 0 Å². The minimum atomic E-state index is -0.247. The van der Waals surface area contributed by atoms with Gasteiger partial charge in [0.2, 0.25) is 0 Å². The first-order valence-corrected chi connectivity index (χ1v) is 9.04. The quantitative estimate of drug-likeness (QED) is 0.538. The molecule has 0 aromatic heterocycles. The predicted octanol–water partition coefficient (Wildman–Crippen LogP) is 6.20. The molecule has 112 valence electrons. The summed E-state index contributed by atoms with van der Waals surface area (Å²) in [5, 5.41) is 3.52. The van der Waals surface area contributed by atoms with Gasteiger partial charge in [-0.3, -0.25) is 0 Å². The minimum absolute atomic E-state index is 0.0179. The van der Waals surface area contributed by atoms with E-state index in [0.29, 0.717) is 4.47 Å². The number of hydrogen-bond acceptors (Lipinski definition) is 1. The summed E-state index contributed by atoms with van der Waals surface area (Å²) in [5.74, 6) is -0.247. The van der Waals surface area contributed by atoms with Gasteiger partial charge in [-0.2, -0.15) is 0 Å². The van der Waals surface area contributed by atoms with Gasteiger partial charge in [0.1, 0.15) is 5.82 Å². The molecular weight excluding hydrogens is 465 g/mol. The Hall–Kier alpha value is -0.230. The maximum Gasteiger partial charge on any atom is 0.137 e. The molecule has 5 heteroatoms. The average molecular weight is 480 g/mol. The van der Waals surface area contributed by atoms with Crippen molar-refractivity contribution in [2.75, 3.05) is 6.54 Å². The standard InChI is InChI=1S/C16H15Br3FN/c1-2-7-21-16(10-3-6-15(20)14(19)8-10)12-5-4-11(17)9-13(12)18/h3-6,8-9,16,21H,2,7H2,1H3. The number of nitrogens with one attached hydrogen (secondary N) is 1. The first kappa shape index (κ1) is 17.1. The van der Waals surface area contributed by atoms with E-state index in [4.69, 9.17) is 0 Å². The molecule has 0 amide bonds. The number of benzene rings is 2. The van der Waals surface area contributed by atoms with Crippen molar-refractivity contribution in [2.24, 2.45) is 0 Å². The average Bonchev–Trinajstić information content (AvgIpc) is 2.44. The zero-order valence-corrected chi connectivity index (χ0v) is 16.2. The molecule has 0 saturated heterocycles. The lowest BCUT2D eigenvalue weighted by Gasteiger charge is -2.21. The van der Waals surface area contributed by atoms with Gasteiger partial charge in [-0.05, 0) is 64.3 Å². The van der Waals surface area contributed by atoms with Crippen LogP contribution in [-0.4, -0.2) is 6.54 Å². The van der Waals surface area contributed by atoms with E-state index >= 15 is 0 Å². The molecule has 0 aliphatic heterocycles. The maximum absolute atomic E-state index is 13.5. The molecular formula is C16H15Br3FN. The van der Waals surface area contributed by atoms with Crippen LogP contribution in [0.2, 0.25) is 0 Å². The highest BCUT2D eigenvalue weighted by atomic mass is 79.9. The highest BCUT2D eigenvalue weighted by molar-refractivity contribution is 9.11. The summed E-state index contributed by atoms with van der Waals surface area (Å²) in [6, 6.07) is 11.3. The third kappa shape index (κ3) is 4.38. The highest BCUT2D eigenvalue weighted by Gasteiger charge is 2.17. The van der Waals surface area contributed by atoms with E-state index in [1.165, 1.54) is 6.07 Å². The Bertz CT molecular complexity index is 631. The Morgan fingerprint density at radius 3 is 2.43 bits per heavy atom. The van der Waals surface area contributed by atoms with Crippen LogP contribution < -0.4 is 5.32 Å². The van der Waals surface area contributed by atoms with Crippen molar-refractivity contribution < 1.29 is 4.39 Å². The summed E-state index contributed by atoms with van der Waals surface area (Å²) < 4.78 is 16.0. The van der Waals surface area contributed by atoms with Crippen LogP contribution in [-0.2, 0) is 0 Å². The van der Waals surface area contributed by atoms with Crippen LogP contribution in [0.15, 0.2) is 49.8 Å². The van der Waals surface area contributed by atoms with Crippen LogP contribution in [0.4, 0.5) is 4.39 Å². The van der Waals surface area contributed by atoms with Crippen molar-refractivity contribution >= 4 is 47.8 Å². The summed E-state index contributed by atoms with van der Waals surface area (Å²) in [4.78, 5) is 0. The van der Waals surface area contributed by atoms with E-state index in [2.05, 4.69) is 66.1 Å². The van der Waals surface area contributed by atoms with Crippen LogP contribution in [0, 0.1) is 5.82 Å². The lowest BCUT2D eigenvalue weighted by Crippen LogP contribution is -2.23. The normalized spacial score (nSPS) is 12.4. The molecule has 2 aromatic carbocycles. The second-order valence-electron chi connectivity index (χ2n) is 4.73. The van der Waals surface area contributed by atoms with E-state index in [9.17, 15) is 4.39 Å². The van der Waals surface area contributed by atoms with E-state index in [-0.39, 0.29) is 11.9 Å². The Labute approximate surface area is 149 Å². The Kier molecular flexibility index (Phi) is 6.41. The lowest BCUT2D eigenvalue weighted by molar-refractivity contribution is 0.589. The molecule has 0 radical (unpaired) electrons. The molecule has 0 bridgehead atoms. The van der Waals surface area contributed by atoms with Gasteiger partial charge in [-0.25, -0.2) is 4.39 Å². The van der Waals surface area contributed by atoms with Crippen molar-refractivity contribution in [3.63, 3.8) is 0 Å². The van der Waals surface area contributed by atoms with Crippen LogP contribution in [0.5, 0.6) is 0 Å². The van der Waals surface area contributed by atoms with Crippen molar-refractivity contribution in [2.45, 2.75) is 19.4 Å². The molecule has 0 aliphatic carbocycles. The van der Waals surface area contributed by atoms with E-state index in [1.54, 1.807) is 0 Å². The van der Waals surface area contributed by atoms with Gasteiger partial charge in [0, 0.05) is 8.95 Å². The molecule has 0 aliphatic rings. The predicted molar refractivity (Wildman–Crippen MR) is 96.1 cm³/mol. The Balaban J connectivity index is 2.44. The molecule has 2 aromatic rings. The molecule has 1 N–H and O–H groups in total. The van der Waals surface area contributed by atoms with Gasteiger partial charge in [0.25, 0.3) is 0 Å². The maximum atomic E-state index is 13.5. The fraction of sp³-hybridized carbons (Fsp3) is 0.250. The summed E-state index contributed by atoms with van der Waals surface area (Å²) in [6.07, 6.45) is 1.03. The molecule has 0 heterocycles. The van der Waals surface area contributed by atoms with E-state index in [0.717, 1.165) is 33.0 Å². The Morgan fingerprint density at radius 1 is 1.05 bits per heavy atom. The minimum Gasteiger partial charge on any atom is -0.306 e. The molecule has 2 rings (SSSR count). The third-order valence-corrected chi connectivity index (χ3v) is 4.94. The molecule has 0 spiro atoms. The molecule has 1 atom stereocenters. The molecule has 21 heavy (non-hydrogen) atoms. The van der Waals surface area contributed by atoms with Crippen molar-refractivity contribution in [1.29, 1.82) is 0 Å². The number of rotatable bonds is 5. The number of halogens is 4. The highest BCUT2D eigenvalue weighted by Crippen LogP contribution is 2.32. The van der Waals surface area contributed by atoms with Crippen LogP contribution >= 0.6 is 47.8 Å². The van der Waals surface area contributed by atoms with Gasteiger partial charge >= 0.3 is 0 Å². The van der Waals surface area contributed by atoms with E-state index in [1.807, 2.05) is 24.3 Å². The van der Waals surface area contributed by atoms with Gasteiger partial charge < -0.3 is 5.32 Å². The summed E-state index contributed by atoms with van der Waals surface area (Å²) >= 11 is 10.3. The number of hydrogen-bond donors (Lipinski definition) is 1. The van der Waals surface area contributed by atoms with Crippen LogP contribution in [0.3, 0.4) is 0 Å². The van der Waals surface area contributed by atoms with Crippen LogP contribution in [0.1, 0.15) is 30.5 Å². The monoisotopic (exact) mass is 477 g/mol. The van der Waals surface area contributed by atoms with Gasteiger partial charge in [0.05, 0.1) is 10.5 Å². The first-order chi connectivity index (χ1) is 10.0. The molecule has 1 unspecified atom stereocenters. The van der Waals surface area contributed by atoms with Crippen LogP contribution in [0.25, 0.3) is 0 Å². The zero-order chi connectivity index (χ0) is 15.4. The summed E-state index contributed by atoms with van der Waals surface area (Å²) in [6.45, 7) is 3.02. The second kappa shape index (κ2) is 7.86. The SMILES string of the molecule is CCCNC(c1ccc(F)c(Br)c1)c1ccc(Br)cc1Br. The smallest absolute Gasteiger partial charge is 0.137 e. The van der Waals surface area contributed by atoms with Gasteiger partial charge in [-0.1, -0.05) is 50.9 Å². The molecule has 0 saturated carbocycles. The van der Waals surface area contributed by atoms with Gasteiger partial charge in [0.15, 0.2) is 0 Å². The van der Waals surface area contributed by atoms with Crippen molar-refractivity contribution in [3.05, 3.63) is 66.8 Å². The first-order valence-electron chi connectivity index (χ1n) is 6.66. The van der Waals surface area contributed by atoms with E-state index < -0.39 is 0 Å². The fourth-order valence-corrected chi connectivity index (χ4v) is 3.80. The third-order valence-electron chi connectivity index (χ3n) is 3.15. The fourth-order valence-electron chi connectivity index (χ4n) is 2.12. The van der Waals surface area contributed by atoms with Crippen molar-refractivity contribution in [3.8, 4) is 0 Å². The zero-order valence-electron chi connectivity index (χ0n) is 11.5. The molecule has 1 nitrogen and oxygen atoms in total. The summed E-state index contributed by atoms with van der Waals surface area (Å²) in [7, 11) is 0. The Morgan fingerprint density at radius 2 is 1.81 bits per heavy atom. The second-order valence-corrected chi connectivity index (χ2v) is 7.35. The molecule has 0 fully saturated rings.